The van der Waals surface area contributed by atoms with Gasteiger partial charge in [0.05, 0.1) is 4.90 Å². The molecule has 1 aromatic heterocycles. The normalized spacial score (nSPS) is 16.7. The Morgan fingerprint density at radius 2 is 2.00 bits per heavy atom. The summed E-state index contributed by atoms with van der Waals surface area (Å²) in [7, 11) is -4.01. The van der Waals surface area contributed by atoms with Crippen molar-refractivity contribution in [2.45, 2.75) is 24.1 Å². The van der Waals surface area contributed by atoms with Crippen LogP contribution >= 0.6 is 11.3 Å². The minimum absolute atomic E-state index is 0.0703. The zero-order valence-electron chi connectivity index (χ0n) is 14.2. The van der Waals surface area contributed by atoms with E-state index in [-0.39, 0.29) is 36.7 Å². The number of hydrogen-bond acceptors (Lipinski definition) is 7. The summed E-state index contributed by atoms with van der Waals surface area (Å²) in [6.45, 7) is 0.141. The van der Waals surface area contributed by atoms with Crippen LogP contribution in [0.2, 0.25) is 0 Å². The monoisotopic (exact) mass is 436 g/mol. The molecule has 0 bridgehead atoms. The van der Waals surface area contributed by atoms with E-state index in [4.69, 9.17) is 0 Å². The van der Waals surface area contributed by atoms with Gasteiger partial charge in [-0.2, -0.15) is 4.31 Å². The minimum Gasteiger partial charge on any atom is -0.406 e. The van der Waals surface area contributed by atoms with Gasteiger partial charge in [-0.1, -0.05) is 17.4 Å². The Morgan fingerprint density at radius 3 is 2.61 bits per heavy atom. The number of alkyl halides is 3. The molecule has 0 atom stereocenters. The summed E-state index contributed by atoms with van der Waals surface area (Å²) >= 11 is 1.17. The van der Waals surface area contributed by atoms with Crippen LogP contribution in [0.5, 0.6) is 5.75 Å². The van der Waals surface area contributed by atoms with Crippen molar-refractivity contribution in [3.05, 3.63) is 29.8 Å². The first kappa shape index (κ1) is 20.5. The van der Waals surface area contributed by atoms with Gasteiger partial charge in [0.15, 0.2) is 0 Å². The average Bonchev–Trinajstić information content (AvgIpc) is 3.13. The number of piperidine rings is 1. The zero-order chi connectivity index (χ0) is 20.4. The third-order valence-electron chi connectivity index (χ3n) is 4.09. The molecule has 0 spiro atoms. The first-order valence-electron chi connectivity index (χ1n) is 8.08. The number of nitrogens with zero attached hydrogens (tertiary/aromatic N) is 3. The van der Waals surface area contributed by atoms with E-state index >= 15 is 0 Å². The lowest BCUT2D eigenvalue weighted by atomic mass is 9.97. The number of carbonyl (C=O) groups is 1. The molecule has 3 rings (SSSR count). The van der Waals surface area contributed by atoms with Crippen molar-refractivity contribution < 1.29 is 31.1 Å². The highest BCUT2D eigenvalue weighted by molar-refractivity contribution is 7.89. The number of sulfonamides is 1. The fourth-order valence-corrected chi connectivity index (χ4v) is 4.73. The summed E-state index contributed by atoms with van der Waals surface area (Å²) in [5, 5.41) is 10.3. The third-order valence-corrected chi connectivity index (χ3v) is 6.59. The molecule has 13 heteroatoms. The maximum Gasteiger partial charge on any atom is 0.573 e. The van der Waals surface area contributed by atoms with Crippen molar-refractivity contribution >= 4 is 32.4 Å². The second-order valence-electron chi connectivity index (χ2n) is 5.93. The summed E-state index contributed by atoms with van der Waals surface area (Å²) in [6, 6.07) is 4.23. The Bertz CT molecular complexity index is 927. The highest BCUT2D eigenvalue weighted by Crippen LogP contribution is 2.29. The maximum atomic E-state index is 12.7. The summed E-state index contributed by atoms with van der Waals surface area (Å²) in [5.41, 5.74) is 1.47. The van der Waals surface area contributed by atoms with Gasteiger partial charge in [0.2, 0.25) is 21.1 Å². The van der Waals surface area contributed by atoms with Gasteiger partial charge in [-0.15, -0.1) is 23.4 Å². The first-order chi connectivity index (χ1) is 13.1. The second kappa shape index (κ2) is 8.01. The summed E-state index contributed by atoms with van der Waals surface area (Å²) in [5.74, 6) is -1.27. The quantitative estimate of drug-likeness (QED) is 0.773. The van der Waals surface area contributed by atoms with E-state index in [1.54, 1.807) is 0 Å². The topological polar surface area (TPSA) is 101 Å². The number of ether oxygens (including phenoxy) is 1. The lowest BCUT2D eigenvalue weighted by molar-refractivity contribution is -0.274. The number of hydrogen-bond donors (Lipinski definition) is 1. The number of halogens is 3. The van der Waals surface area contributed by atoms with E-state index < -0.39 is 28.1 Å². The van der Waals surface area contributed by atoms with Crippen LogP contribution in [0, 0.1) is 5.92 Å². The molecule has 1 aromatic carbocycles. The van der Waals surface area contributed by atoms with Gasteiger partial charge < -0.3 is 10.1 Å². The van der Waals surface area contributed by atoms with E-state index in [0.29, 0.717) is 5.13 Å². The average molecular weight is 436 g/mol. The van der Waals surface area contributed by atoms with Crippen LogP contribution in [-0.2, 0) is 14.8 Å². The predicted molar refractivity (Wildman–Crippen MR) is 93.1 cm³/mol. The van der Waals surface area contributed by atoms with Crippen molar-refractivity contribution in [3.63, 3.8) is 0 Å². The lowest BCUT2D eigenvalue weighted by Gasteiger charge is -2.30. The Labute approximate surface area is 162 Å². The van der Waals surface area contributed by atoms with Crippen LogP contribution < -0.4 is 10.1 Å². The Balaban J connectivity index is 1.64. The highest BCUT2D eigenvalue weighted by Gasteiger charge is 2.34. The summed E-state index contributed by atoms with van der Waals surface area (Å²) in [6.07, 6.45) is -4.35. The summed E-state index contributed by atoms with van der Waals surface area (Å²) < 4.78 is 67.4. The first-order valence-corrected chi connectivity index (χ1v) is 10.4. The van der Waals surface area contributed by atoms with Gasteiger partial charge in [0, 0.05) is 25.1 Å². The number of benzene rings is 1. The maximum absolute atomic E-state index is 12.7. The fourth-order valence-electron chi connectivity index (χ4n) is 2.77. The second-order valence-corrected chi connectivity index (χ2v) is 8.71. The molecule has 2 heterocycles. The van der Waals surface area contributed by atoms with Crippen molar-refractivity contribution in [2.24, 2.45) is 5.92 Å². The lowest BCUT2D eigenvalue weighted by Crippen LogP contribution is -2.41. The molecule has 0 unspecified atom stereocenters. The van der Waals surface area contributed by atoms with E-state index in [9.17, 15) is 26.4 Å². The smallest absolute Gasteiger partial charge is 0.406 e. The van der Waals surface area contributed by atoms with Crippen molar-refractivity contribution in [2.75, 3.05) is 18.4 Å². The standard InChI is InChI=1S/C15H15F3N4O4S2/c16-15(17,18)26-11-2-1-3-12(8-11)28(24,25)22-6-4-10(5-7-22)13(23)20-14-21-19-9-27-14/h1-3,8-10H,4-7H2,(H,20,21,23). The molecule has 8 nitrogen and oxygen atoms in total. The molecule has 0 saturated carbocycles. The number of aromatic nitrogens is 2. The molecular weight excluding hydrogens is 421 g/mol. The molecule has 1 aliphatic heterocycles. The van der Waals surface area contributed by atoms with E-state index in [2.05, 4.69) is 20.3 Å². The molecule has 1 N–H and O–H groups in total. The zero-order valence-corrected chi connectivity index (χ0v) is 15.9. The van der Waals surface area contributed by atoms with Crippen molar-refractivity contribution in [1.29, 1.82) is 0 Å². The van der Waals surface area contributed by atoms with Gasteiger partial charge in [0.25, 0.3) is 0 Å². The van der Waals surface area contributed by atoms with Crippen molar-refractivity contribution in [1.82, 2.24) is 14.5 Å². The van der Waals surface area contributed by atoms with Gasteiger partial charge in [0.1, 0.15) is 11.3 Å². The van der Waals surface area contributed by atoms with E-state index in [0.717, 1.165) is 16.4 Å². The highest BCUT2D eigenvalue weighted by atomic mass is 32.2. The van der Waals surface area contributed by atoms with Crippen LogP contribution in [-0.4, -0.2) is 48.3 Å². The molecule has 1 fully saturated rings. The van der Waals surface area contributed by atoms with E-state index in [1.165, 1.54) is 29.0 Å². The third kappa shape index (κ3) is 4.97. The Hall–Kier alpha value is -2.25. The Morgan fingerprint density at radius 1 is 1.29 bits per heavy atom. The van der Waals surface area contributed by atoms with E-state index in [1.807, 2.05) is 0 Å². The largest absolute Gasteiger partial charge is 0.573 e. The van der Waals surface area contributed by atoms with Crippen LogP contribution in [0.3, 0.4) is 0 Å². The van der Waals surface area contributed by atoms with Gasteiger partial charge in [-0.05, 0) is 25.0 Å². The van der Waals surface area contributed by atoms with Gasteiger partial charge in [-0.25, -0.2) is 8.42 Å². The van der Waals surface area contributed by atoms with Crippen LogP contribution in [0.4, 0.5) is 18.3 Å². The van der Waals surface area contributed by atoms with Crippen LogP contribution in [0.15, 0.2) is 34.7 Å². The molecule has 152 valence electrons. The van der Waals surface area contributed by atoms with Crippen LogP contribution in [0.1, 0.15) is 12.8 Å². The minimum atomic E-state index is -4.92. The molecule has 1 amide bonds. The molecule has 0 aliphatic carbocycles. The molecular formula is C15H15F3N4O4S2. The van der Waals surface area contributed by atoms with Crippen molar-refractivity contribution in [3.8, 4) is 5.75 Å². The number of amides is 1. The van der Waals surface area contributed by atoms with Gasteiger partial charge in [-0.3, -0.25) is 4.79 Å². The number of rotatable bonds is 5. The number of carbonyl (C=O) groups excluding carboxylic acids is 1. The van der Waals surface area contributed by atoms with Gasteiger partial charge >= 0.3 is 6.36 Å². The number of anilines is 1. The summed E-state index contributed by atoms with van der Waals surface area (Å²) in [4.78, 5) is 11.9. The molecule has 2 aromatic rings. The molecule has 0 radical (unpaired) electrons. The molecule has 1 aliphatic rings. The predicted octanol–water partition coefficient (Wildman–Crippen LogP) is 2.48. The van der Waals surface area contributed by atoms with Crippen LogP contribution in [0.25, 0.3) is 0 Å². The number of nitrogens with one attached hydrogen (secondary N) is 1. The molecule has 28 heavy (non-hydrogen) atoms. The fraction of sp³-hybridized carbons (Fsp3) is 0.400. The SMILES string of the molecule is O=C(Nc1nncs1)C1CCN(S(=O)(=O)c2cccc(OC(F)(F)F)c2)CC1. The Kier molecular flexibility index (Phi) is 5.86. The molecule has 1 saturated heterocycles.